The Bertz CT molecular complexity index is 2590. The highest BCUT2D eigenvalue weighted by Crippen LogP contribution is 2.20. The predicted octanol–water partition coefficient (Wildman–Crippen LogP) is -2.93. The number of carbonyl (C=O) groups is 9. The number of nitrogens with two attached hydrogens (primary N) is 5. The van der Waals surface area contributed by atoms with E-state index in [4.69, 9.17) is 28.7 Å². The summed E-state index contributed by atoms with van der Waals surface area (Å²) in [4.78, 5) is 135. The fourth-order valence-corrected chi connectivity index (χ4v) is 7.88. The summed E-state index contributed by atoms with van der Waals surface area (Å²) in [5.41, 5.74) is 31.0. The van der Waals surface area contributed by atoms with Crippen molar-refractivity contribution in [3.8, 4) is 0 Å². The van der Waals surface area contributed by atoms with Crippen LogP contribution >= 0.6 is 0 Å². The molecule has 26 nitrogen and oxygen atoms in total. The number of aromatic amines is 2. The van der Waals surface area contributed by atoms with Crippen molar-refractivity contribution in [1.82, 2.24) is 52.2 Å². The fraction of sp³-hybridized carbons (Fsp3) is 0.449. The van der Waals surface area contributed by atoms with Gasteiger partial charge < -0.3 is 81.0 Å². The highest BCUT2D eigenvalue weighted by atomic mass is 16.4. The molecule has 406 valence electrons. The van der Waals surface area contributed by atoms with Gasteiger partial charge in [-0.25, -0.2) is 4.98 Å². The van der Waals surface area contributed by atoms with E-state index in [-0.39, 0.29) is 57.6 Å². The molecule has 0 aliphatic heterocycles. The zero-order valence-electron chi connectivity index (χ0n) is 41.9. The molecule has 0 aliphatic rings. The standard InChI is InChI=1S/C49H70N16O10/c1-27(2)41(42(52)69)65-48(75)38(22-40(67)68)64-45(72)34(15-8-9-17-50)60-39(66)25-58-44(71)37(20-29-23-57-33-14-7-6-13-31(29)33)63-46(73)35(16-10-18-56-49(53)54)61-47(74)36(19-28-11-4-3-5-12-28)62-43(70)32(51)21-30-24-55-26-59-30/h3-7,11-14,23-24,26-27,32,34-38,41,57H,8-10,15-22,25,50-51H2,1-2H3,(H2,52,69)(H,55,59)(H,58,71)(H,60,66)(H,61,74)(H,62,70)(H,63,73)(H,64,72)(H,65,75)(H,67,68)(H4,53,54,56)/t32-,34-,35-,36+,37-,38+,41-/m0/s1. The van der Waals surface area contributed by atoms with Crippen LogP contribution in [-0.4, -0.2) is 141 Å². The monoisotopic (exact) mass is 1040 g/mol. The number of aromatic nitrogens is 3. The first-order valence-electron chi connectivity index (χ1n) is 24.4. The van der Waals surface area contributed by atoms with Crippen LogP contribution in [0.4, 0.5) is 0 Å². The number of carbonyl (C=O) groups excluding carboxylic acids is 8. The molecule has 0 bridgehead atoms. The third-order valence-corrected chi connectivity index (χ3v) is 11.9. The number of para-hydroxylation sites is 1. The number of H-pyrrole nitrogens is 2. The van der Waals surface area contributed by atoms with Gasteiger partial charge in [-0.3, -0.25) is 48.1 Å². The van der Waals surface area contributed by atoms with E-state index in [9.17, 15) is 48.3 Å². The zero-order valence-corrected chi connectivity index (χ0v) is 41.9. The molecule has 8 amide bonds. The molecule has 7 atom stereocenters. The maximum Gasteiger partial charge on any atom is 0.305 e. The largest absolute Gasteiger partial charge is 0.481 e. The van der Waals surface area contributed by atoms with Gasteiger partial charge in [0.15, 0.2) is 5.96 Å². The van der Waals surface area contributed by atoms with Gasteiger partial charge >= 0.3 is 5.97 Å². The van der Waals surface area contributed by atoms with E-state index in [1.54, 1.807) is 68.6 Å². The number of guanidine groups is 1. The number of imidazole rings is 1. The second-order valence-corrected chi connectivity index (χ2v) is 18.2. The number of unbranched alkanes of at least 4 members (excludes halogenated alkanes) is 1. The average Bonchev–Trinajstić information content (AvgIpc) is 4.04. The number of hydrogen-bond acceptors (Lipinski definition) is 13. The van der Waals surface area contributed by atoms with Crippen LogP contribution in [0.15, 0.2) is 78.3 Å². The average molecular weight is 1040 g/mol. The fourth-order valence-electron chi connectivity index (χ4n) is 7.88. The molecule has 26 heteroatoms. The molecule has 0 fully saturated rings. The third-order valence-electron chi connectivity index (χ3n) is 11.9. The summed E-state index contributed by atoms with van der Waals surface area (Å²) >= 11 is 0. The zero-order chi connectivity index (χ0) is 55.0. The number of rotatable bonds is 32. The third kappa shape index (κ3) is 19.9. The van der Waals surface area contributed by atoms with Gasteiger partial charge in [-0.2, -0.15) is 0 Å². The van der Waals surface area contributed by atoms with Crippen LogP contribution in [0.2, 0.25) is 0 Å². The summed E-state index contributed by atoms with van der Waals surface area (Å²) in [5, 5.41) is 28.2. The van der Waals surface area contributed by atoms with Gasteiger partial charge in [-0.05, 0) is 61.8 Å². The Labute approximate surface area is 432 Å². The molecule has 0 radical (unpaired) electrons. The van der Waals surface area contributed by atoms with Crippen LogP contribution in [0.3, 0.4) is 0 Å². The molecule has 20 N–H and O–H groups in total. The van der Waals surface area contributed by atoms with Gasteiger partial charge in [0.05, 0.1) is 25.3 Å². The summed E-state index contributed by atoms with van der Waals surface area (Å²) in [6, 6.07) is 6.79. The van der Waals surface area contributed by atoms with Crippen LogP contribution in [0.25, 0.3) is 10.9 Å². The van der Waals surface area contributed by atoms with Crippen LogP contribution < -0.4 is 65.9 Å². The van der Waals surface area contributed by atoms with Gasteiger partial charge in [0, 0.05) is 54.8 Å². The second kappa shape index (κ2) is 30.0. The number of carboxylic acid groups (broad SMARTS) is 1. The molecule has 4 rings (SSSR count). The molecule has 0 saturated carbocycles. The molecule has 2 heterocycles. The van der Waals surface area contributed by atoms with Gasteiger partial charge in [0.1, 0.15) is 36.3 Å². The maximum absolute atomic E-state index is 14.5. The van der Waals surface area contributed by atoms with E-state index >= 15 is 0 Å². The van der Waals surface area contributed by atoms with Gasteiger partial charge in [0.25, 0.3) is 0 Å². The molecule has 2 aromatic carbocycles. The quantitative estimate of drug-likeness (QED) is 0.0132. The number of aliphatic imine (C=N–C) groups is 1. The van der Waals surface area contributed by atoms with Crippen molar-refractivity contribution in [2.75, 3.05) is 19.6 Å². The van der Waals surface area contributed by atoms with Crippen molar-refractivity contribution in [1.29, 1.82) is 0 Å². The smallest absolute Gasteiger partial charge is 0.305 e. The summed E-state index contributed by atoms with van der Waals surface area (Å²) in [7, 11) is 0. The van der Waals surface area contributed by atoms with Crippen LogP contribution in [0.5, 0.6) is 0 Å². The maximum atomic E-state index is 14.5. The lowest BCUT2D eigenvalue weighted by molar-refractivity contribution is -0.141. The van der Waals surface area contributed by atoms with Gasteiger partial charge in [-0.15, -0.1) is 0 Å². The number of benzene rings is 2. The summed E-state index contributed by atoms with van der Waals surface area (Å²) < 4.78 is 0. The number of nitrogens with one attached hydrogen (secondary N) is 9. The summed E-state index contributed by atoms with van der Waals surface area (Å²) in [6.07, 6.45) is 4.57. The first-order chi connectivity index (χ1) is 35.8. The molecule has 75 heavy (non-hydrogen) atoms. The molecule has 0 aliphatic carbocycles. The lowest BCUT2D eigenvalue weighted by Crippen LogP contribution is -2.59. The topological polar surface area (TPSA) is 445 Å². The predicted molar refractivity (Wildman–Crippen MR) is 276 cm³/mol. The number of primary amides is 1. The number of amides is 8. The van der Waals surface area contributed by atoms with Crippen molar-refractivity contribution in [2.45, 2.75) is 114 Å². The van der Waals surface area contributed by atoms with Crippen molar-refractivity contribution < 1.29 is 48.3 Å². The summed E-state index contributed by atoms with van der Waals surface area (Å²) in [5.74, 6) is -8.87. The number of aliphatic carboxylic acids is 1. The first-order valence-corrected chi connectivity index (χ1v) is 24.4. The van der Waals surface area contributed by atoms with E-state index < -0.39 is 114 Å². The second-order valence-electron chi connectivity index (χ2n) is 18.2. The summed E-state index contributed by atoms with van der Waals surface area (Å²) in [6.45, 7) is 2.79. The van der Waals surface area contributed by atoms with E-state index in [0.29, 0.717) is 29.7 Å². The Hall–Kier alpha value is -8.39. The number of hydrogen-bond donors (Lipinski definition) is 15. The van der Waals surface area contributed by atoms with Crippen LogP contribution in [0.1, 0.15) is 69.2 Å². The van der Waals surface area contributed by atoms with Crippen molar-refractivity contribution in [3.05, 3.63) is 90.1 Å². The van der Waals surface area contributed by atoms with E-state index in [1.165, 1.54) is 12.5 Å². The number of carboxylic acids is 1. The van der Waals surface area contributed by atoms with Gasteiger partial charge in [0.2, 0.25) is 47.3 Å². The Kier molecular flexibility index (Phi) is 23.6. The number of fused-ring (bicyclic) bond motifs is 1. The lowest BCUT2D eigenvalue weighted by atomic mass is 10.0. The van der Waals surface area contributed by atoms with E-state index in [2.05, 4.69) is 57.2 Å². The Morgan fingerprint density at radius 1 is 0.667 bits per heavy atom. The number of nitrogens with zero attached hydrogens (tertiary/aromatic N) is 2. The van der Waals surface area contributed by atoms with Crippen LogP contribution in [0, 0.1) is 5.92 Å². The Morgan fingerprint density at radius 2 is 1.27 bits per heavy atom. The normalized spacial score (nSPS) is 13.9. The molecule has 0 unspecified atom stereocenters. The first kappa shape index (κ1) is 59.2. The Balaban J connectivity index is 1.58. The highest BCUT2D eigenvalue weighted by molar-refractivity contribution is 5.98. The van der Waals surface area contributed by atoms with E-state index in [1.807, 2.05) is 6.07 Å². The SMILES string of the molecule is CC(C)[C@H](NC(=O)[C@@H](CC(=O)O)NC(=O)[C@H](CCCCN)NC(=O)CNC(=O)[C@H](Cc1c[nH]c2ccccc12)NC(=O)[C@H](CCCN=C(N)N)NC(=O)[C@@H](Cc1ccccc1)NC(=O)[C@@H](N)Cc1cnc[nH]1)C(N)=O. The minimum Gasteiger partial charge on any atom is -0.481 e. The van der Waals surface area contributed by atoms with E-state index in [0.717, 1.165) is 10.9 Å². The lowest BCUT2D eigenvalue weighted by Gasteiger charge is -2.26. The molecule has 4 aromatic rings. The highest BCUT2D eigenvalue weighted by Gasteiger charge is 2.34. The molecular weight excluding hydrogens is 973 g/mol. The van der Waals surface area contributed by atoms with Crippen molar-refractivity contribution in [3.63, 3.8) is 0 Å². The minimum absolute atomic E-state index is 0.00858. The van der Waals surface area contributed by atoms with Crippen LogP contribution in [-0.2, 0) is 62.4 Å². The van der Waals surface area contributed by atoms with Crippen molar-refractivity contribution >= 4 is 70.1 Å². The molecule has 0 spiro atoms. The minimum atomic E-state index is -1.68. The Morgan fingerprint density at radius 3 is 1.91 bits per heavy atom. The molecule has 2 aromatic heterocycles. The molecular formula is C49H70N16O10. The molecule has 0 saturated heterocycles. The van der Waals surface area contributed by atoms with Gasteiger partial charge in [-0.1, -0.05) is 62.4 Å². The van der Waals surface area contributed by atoms with Crippen molar-refractivity contribution in [2.24, 2.45) is 39.6 Å².